The van der Waals surface area contributed by atoms with Gasteiger partial charge in [0, 0.05) is 24.1 Å². The number of hydrogen-bond donors (Lipinski definition) is 2. The van der Waals surface area contributed by atoms with E-state index in [1.807, 2.05) is 0 Å². The third-order valence-corrected chi connectivity index (χ3v) is 0.299. The van der Waals surface area contributed by atoms with Crippen LogP contribution in [0, 0.1) is 0 Å². The van der Waals surface area contributed by atoms with Gasteiger partial charge in [0.1, 0.15) is 0 Å². The molecule has 0 aliphatic rings. The highest BCUT2D eigenvalue weighted by molar-refractivity contribution is 4.39. The summed E-state index contributed by atoms with van der Waals surface area (Å²) in [6.07, 6.45) is -15.9. The van der Waals surface area contributed by atoms with Crippen LogP contribution in [0.3, 0.4) is 0 Å². The molecular weight excluding hydrogens is 104 g/mol. The van der Waals surface area contributed by atoms with Crippen LogP contribution >= 0.6 is 0 Å². The van der Waals surface area contributed by atoms with Gasteiger partial charge in [0.25, 0.3) is 0 Å². The zero-order valence-electron chi connectivity index (χ0n) is 15.9. The average molecular weight is 130 g/mol. The van der Waals surface area contributed by atoms with Gasteiger partial charge in [0.2, 0.25) is 0 Å². The van der Waals surface area contributed by atoms with Gasteiger partial charge >= 0.3 is 0 Å². The van der Waals surface area contributed by atoms with Crippen molar-refractivity contribution in [3.8, 4) is 0 Å². The first-order valence-electron chi connectivity index (χ1n) is 7.70. The van der Waals surface area contributed by atoms with Crippen molar-refractivity contribution in [2.45, 2.75) is 25.5 Å². The molecule has 0 radical (unpaired) electrons. The lowest BCUT2D eigenvalue weighted by molar-refractivity contribution is 0.265. The maximum Gasteiger partial charge on any atom is 0.0564 e. The fourth-order valence-corrected chi connectivity index (χ4v) is 0.118. The summed E-state index contributed by atoms with van der Waals surface area (Å²) in [4.78, 5) is 0. The number of rotatable bonds is 5. The van der Waals surface area contributed by atoms with Gasteiger partial charge in [-0.05, 0) is 12.7 Å². The predicted octanol–water partition coefficient (Wildman–Crippen LogP) is 0.531. The van der Waals surface area contributed by atoms with Gasteiger partial charge in [-0.25, -0.2) is 0 Å². The molecule has 0 spiro atoms. The molecule has 0 rings (SSSR count). The van der Waals surface area contributed by atoms with Crippen LogP contribution in [0.1, 0.15) is 41.9 Å². The van der Waals surface area contributed by atoms with Crippen molar-refractivity contribution < 1.29 is 26.7 Å². The molecule has 8 heavy (non-hydrogen) atoms. The van der Waals surface area contributed by atoms with Crippen LogP contribution < -0.4 is 0 Å². The topological polar surface area (TPSA) is 40.5 Å². The predicted molar refractivity (Wildman–Crippen MR) is 32.6 cm³/mol. The molecular formula is C6H14O2. The third kappa shape index (κ3) is 5.92. The van der Waals surface area contributed by atoms with E-state index in [9.17, 15) is 0 Å². The molecule has 0 aromatic heterocycles. The molecule has 0 aliphatic carbocycles. The second-order valence-corrected chi connectivity index (χ2v) is 0.724. The highest BCUT2D eigenvalue weighted by Crippen LogP contribution is 1.96. The van der Waals surface area contributed by atoms with Crippen molar-refractivity contribution in [2.24, 2.45) is 0 Å². The van der Waals surface area contributed by atoms with Gasteiger partial charge in [-0.3, -0.25) is 0 Å². The second-order valence-electron chi connectivity index (χ2n) is 0.724. The lowest BCUT2D eigenvalue weighted by atomic mass is 10.2. The quantitative estimate of drug-likeness (QED) is 0.570. The molecule has 0 aromatic rings. The first-order valence-corrected chi connectivity index (χ1v) is 1.70. The summed E-state index contributed by atoms with van der Waals surface area (Å²) in [5.41, 5.74) is 0. The molecule has 0 amide bonds. The maximum absolute atomic E-state index is 8.99. The minimum absolute atomic E-state index is 3.87. The van der Waals surface area contributed by atoms with Crippen LogP contribution in [0.25, 0.3) is 0 Å². The van der Waals surface area contributed by atoms with E-state index in [1.165, 1.54) is 0 Å². The summed E-state index contributed by atoms with van der Waals surface area (Å²) in [5.74, 6) is 0. The van der Waals surface area contributed by atoms with Crippen LogP contribution in [0.15, 0.2) is 0 Å². The Hall–Kier alpha value is -0.0800. The molecule has 0 aromatic carbocycles. The van der Waals surface area contributed by atoms with E-state index in [4.69, 9.17) is 26.7 Å². The van der Waals surface area contributed by atoms with Gasteiger partial charge in [-0.1, -0.05) is 12.7 Å². The molecule has 0 saturated heterocycles. The highest BCUT2D eigenvalue weighted by atomic mass is 16.3. The first kappa shape index (κ1) is 1.06. The molecule has 2 heteroatoms. The molecule has 2 N–H and O–H groups in total. The van der Waals surface area contributed by atoms with E-state index < -0.39 is 38.6 Å². The zero-order valence-corrected chi connectivity index (χ0v) is 3.89. The Morgan fingerprint density at radius 3 is 1.50 bits per heavy atom. The number of hydrogen-bond acceptors (Lipinski definition) is 2. The molecule has 0 saturated carbocycles. The fourth-order valence-electron chi connectivity index (χ4n) is 0.118. The van der Waals surface area contributed by atoms with Gasteiger partial charge in [0.15, 0.2) is 0 Å². The Labute approximate surface area is 67.0 Å². The van der Waals surface area contributed by atoms with E-state index in [2.05, 4.69) is 0 Å². The normalized spacial score (nSPS) is 42.8. The zero-order chi connectivity index (χ0) is 17.0. The summed E-state index contributed by atoms with van der Waals surface area (Å²) in [6.45, 7) is -7.75. The van der Waals surface area contributed by atoms with E-state index in [1.54, 1.807) is 0 Å². The van der Waals surface area contributed by atoms with E-state index in [-0.39, 0.29) is 0 Å². The minimum Gasteiger partial charge on any atom is -0.396 e. The largest absolute Gasteiger partial charge is 0.396 e. The summed E-state index contributed by atoms with van der Waals surface area (Å²) in [7, 11) is 0. The third-order valence-electron chi connectivity index (χ3n) is 0.299. The van der Waals surface area contributed by atoms with Crippen molar-refractivity contribution in [3.05, 3.63) is 0 Å². The van der Waals surface area contributed by atoms with Gasteiger partial charge in [-0.2, -0.15) is 0 Å². The Bertz CT molecular complexity index is 327. The molecule has 0 unspecified atom stereocenters. The van der Waals surface area contributed by atoms with Crippen LogP contribution in [0.4, 0.5) is 0 Å². The maximum atomic E-state index is 8.99. The lowest BCUT2D eigenvalue weighted by Gasteiger charge is -1.93. The summed E-state index contributed by atoms with van der Waals surface area (Å²) >= 11 is 0. The lowest BCUT2D eigenvalue weighted by Crippen LogP contribution is -1.85. The van der Waals surface area contributed by atoms with E-state index in [0.29, 0.717) is 0 Å². The Kier molecular flexibility index (Phi) is 0.916. The summed E-state index contributed by atoms with van der Waals surface area (Å²) < 4.78 is 85.2. The van der Waals surface area contributed by atoms with Crippen molar-refractivity contribution in [1.29, 1.82) is 0 Å². The summed E-state index contributed by atoms with van der Waals surface area (Å²) in [5, 5.41) is 18.0. The van der Waals surface area contributed by atoms with Crippen molar-refractivity contribution in [3.63, 3.8) is 0 Å². The van der Waals surface area contributed by atoms with Crippen molar-refractivity contribution in [2.75, 3.05) is 13.1 Å². The summed E-state index contributed by atoms with van der Waals surface area (Å²) in [6, 6.07) is 0. The van der Waals surface area contributed by atoms with E-state index >= 15 is 0 Å². The molecule has 50 valence electrons. The molecule has 0 bridgehead atoms. The van der Waals surface area contributed by atoms with Crippen LogP contribution in [-0.4, -0.2) is 23.3 Å². The van der Waals surface area contributed by atoms with Gasteiger partial charge in [-0.15, -0.1) is 0 Å². The molecule has 2 nitrogen and oxygen atoms in total. The standard InChI is InChI=1S/C6H14O2/c7-5-3-1-2-4-6-8/h7-8H,1-6H2/i1D2,2D2,3D2,4D2,5D2,6D2. The Balaban J connectivity index is 6.08. The van der Waals surface area contributed by atoms with Crippen LogP contribution in [0.2, 0.25) is 0 Å². The molecule has 0 aliphatic heterocycles. The fraction of sp³-hybridized carbons (Fsp3) is 1.00. The van der Waals surface area contributed by atoms with Crippen LogP contribution in [-0.2, 0) is 0 Å². The van der Waals surface area contributed by atoms with Gasteiger partial charge < -0.3 is 10.2 Å². The molecule has 0 heterocycles. The number of aliphatic hydroxyl groups is 2. The van der Waals surface area contributed by atoms with Gasteiger partial charge in [0.05, 0.1) is 5.48 Å². The van der Waals surface area contributed by atoms with E-state index in [0.717, 1.165) is 0 Å². The first-order chi connectivity index (χ1) is 8.25. The van der Waals surface area contributed by atoms with Crippen LogP contribution in [0.5, 0.6) is 0 Å². The highest BCUT2D eigenvalue weighted by Gasteiger charge is 1.84. The average Bonchev–Trinajstić information content (AvgIpc) is 2.12. The SMILES string of the molecule is [2H]C([2H])(O)C([2H])([2H])C([2H])([2H])C([2H])([2H])C([2H])([2H])C([2H])([2H])O. The minimum atomic E-state index is -4.02. The Morgan fingerprint density at radius 1 is 0.875 bits per heavy atom. The smallest absolute Gasteiger partial charge is 0.0564 e. The monoisotopic (exact) mass is 130 g/mol. The van der Waals surface area contributed by atoms with Crippen molar-refractivity contribution in [1.82, 2.24) is 0 Å². The Morgan fingerprint density at radius 2 is 1.25 bits per heavy atom. The second kappa shape index (κ2) is 6.92. The van der Waals surface area contributed by atoms with Crippen molar-refractivity contribution >= 4 is 0 Å². The molecule has 0 fully saturated rings. The molecule has 0 atom stereocenters.